The molecule has 2 amide bonds. The lowest BCUT2D eigenvalue weighted by molar-refractivity contribution is -0.137. The summed E-state index contributed by atoms with van der Waals surface area (Å²) in [6.07, 6.45) is 3.69. The van der Waals surface area contributed by atoms with E-state index in [1.54, 1.807) is 4.90 Å². The first kappa shape index (κ1) is 22.2. The number of benzene rings is 2. The number of carbonyl (C=O) groups is 2. The van der Waals surface area contributed by atoms with Gasteiger partial charge in [0.2, 0.25) is 5.91 Å². The number of carbonyl (C=O) groups excluding carboxylic acids is 1. The Hall–Kier alpha value is -3.61. The maximum Gasteiger partial charge on any atom is 0.407 e. The van der Waals surface area contributed by atoms with E-state index in [0.717, 1.165) is 52.6 Å². The summed E-state index contributed by atoms with van der Waals surface area (Å²) >= 11 is 0. The van der Waals surface area contributed by atoms with Gasteiger partial charge >= 0.3 is 6.09 Å². The highest BCUT2D eigenvalue weighted by Crippen LogP contribution is 2.30. The molecule has 0 unspecified atom stereocenters. The molecule has 2 fully saturated rings. The molecule has 3 heterocycles. The lowest BCUT2D eigenvalue weighted by atomic mass is 9.98. The molecule has 5 rings (SSSR count). The first-order valence-corrected chi connectivity index (χ1v) is 11.9. The monoisotopic (exact) mass is 459 g/mol. The van der Waals surface area contributed by atoms with Crippen LogP contribution < -0.4 is 4.74 Å². The van der Waals surface area contributed by atoms with E-state index in [1.807, 2.05) is 24.4 Å². The van der Waals surface area contributed by atoms with E-state index in [2.05, 4.69) is 42.2 Å². The van der Waals surface area contributed by atoms with Gasteiger partial charge in [0.1, 0.15) is 17.9 Å². The fraction of sp³-hybridized carbons (Fsp3) is 0.370. The van der Waals surface area contributed by atoms with Gasteiger partial charge in [-0.1, -0.05) is 30.3 Å². The number of piperidine rings is 1. The van der Waals surface area contributed by atoms with Gasteiger partial charge in [0.05, 0.1) is 5.52 Å². The minimum atomic E-state index is -1.01. The van der Waals surface area contributed by atoms with Crippen molar-refractivity contribution in [2.75, 3.05) is 19.6 Å². The van der Waals surface area contributed by atoms with Crippen molar-refractivity contribution in [2.24, 2.45) is 0 Å². The highest BCUT2D eigenvalue weighted by molar-refractivity contribution is 5.88. The molecule has 0 saturated carbocycles. The zero-order valence-corrected chi connectivity index (χ0v) is 19.3. The van der Waals surface area contributed by atoms with Gasteiger partial charge in [-0.25, -0.2) is 4.79 Å². The average molecular weight is 460 g/mol. The number of likely N-dealkylation sites (tertiary alicyclic amines) is 2. The number of aryl methyl sites for hydroxylation is 1. The lowest BCUT2D eigenvalue weighted by Crippen LogP contribution is -2.50. The minimum absolute atomic E-state index is 0.0423. The summed E-state index contributed by atoms with van der Waals surface area (Å²) in [7, 11) is 0. The fourth-order valence-corrected chi connectivity index (χ4v) is 5.17. The van der Waals surface area contributed by atoms with Crippen molar-refractivity contribution in [2.45, 2.75) is 44.8 Å². The number of rotatable bonds is 4. The van der Waals surface area contributed by atoms with E-state index < -0.39 is 12.1 Å². The van der Waals surface area contributed by atoms with E-state index >= 15 is 0 Å². The smallest absolute Gasteiger partial charge is 0.407 e. The maximum atomic E-state index is 12.8. The van der Waals surface area contributed by atoms with Crippen LogP contribution in [0.5, 0.6) is 5.75 Å². The quantitative estimate of drug-likeness (QED) is 0.610. The third-order valence-corrected chi connectivity index (χ3v) is 7.03. The Balaban J connectivity index is 1.19. The molecule has 176 valence electrons. The second-order valence-electron chi connectivity index (χ2n) is 9.11. The summed E-state index contributed by atoms with van der Waals surface area (Å²) in [6.45, 7) is 3.73. The van der Waals surface area contributed by atoms with Gasteiger partial charge in [0.25, 0.3) is 0 Å². The van der Waals surface area contributed by atoms with Crippen molar-refractivity contribution in [1.29, 1.82) is 0 Å². The van der Waals surface area contributed by atoms with Gasteiger partial charge in [-0.3, -0.25) is 14.7 Å². The molecule has 7 heteroatoms. The van der Waals surface area contributed by atoms with Crippen LogP contribution in [0.1, 0.15) is 31.2 Å². The third kappa shape index (κ3) is 4.30. The number of nitrogens with zero attached hydrogens (tertiary/aromatic N) is 3. The van der Waals surface area contributed by atoms with Crippen LogP contribution in [0.3, 0.4) is 0 Å². The zero-order chi connectivity index (χ0) is 23.7. The van der Waals surface area contributed by atoms with Crippen LogP contribution in [0, 0.1) is 6.92 Å². The average Bonchev–Trinajstić information content (AvgIpc) is 3.36. The number of hydrogen-bond donors (Lipinski definition) is 1. The number of ether oxygens (including phenoxy) is 1. The SMILES string of the molecule is Cc1c(-c2ccc(OC3CCN(C(=O)[C@@H]4CCCN4C(=O)O)CC3)cc2)ccc2cccnc12. The van der Waals surface area contributed by atoms with Crippen molar-refractivity contribution < 1.29 is 19.4 Å². The normalized spacial score (nSPS) is 18.9. The van der Waals surface area contributed by atoms with Crippen LogP contribution in [-0.2, 0) is 4.79 Å². The van der Waals surface area contributed by atoms with Gasteiger partial charge in [-0.05, 0) is 54.7 Å². The molecule has 2 saturated heterocycles. The number of carboxylic acid groups (broad SMARTS) is 1. The highest BCUT2D eigenvalue weighted by Gasteiger charge is 2.37. The standard InChI is InChI=1S/C27H29N3O4/c1-18-23(11-8-20-4-2-14-28-25(18)20)19-6-9-21(10-7-19)34-22-12-16-29(17-13-22)26(31)24-5-3-15-30(24)27(32)33/h2,4,6-11,14,22,24H,3,5,12-13,15-17H2,1H3,(H,32,33)/t24-/m0/s1. The van der Waals surface area contributed by atoms with Gasteiger partial charge in [0, 0.05) is 44.1 Å². The fourth-order valence-electron chi connectivity index (χ4n) is 5.17. The van der Waals surface area contributed by atoms with Crippen molar-refractivity contribution in [1.82, 2.24) is 14.8 Å². The Morgan fingerprint density at radius 2 is 1.76 bits per heavy atom. The number of fused-ring (bicyclic) bond motifs is 1. The summed E-state index contributed by atoms with van der Waals surface area (Å²) in [4.78, 5) is 31.8. The largest absolute Gasteiger partial charge is 0.490 e. The van der Waals surface area contributed by atoms with E-state index in [0.29, 0.717) is 26.1 Å². The molecule has 2 aliphatic rings. The first-order chi connectivity index (χ1) is 16.5. The first-order valence-electron chi connectivity index (χ1n) is 11.9. The molecule has 0 aliphatic carbocycles. The van der Waals surface area contributed by atoms with Gasteiger partial charge in [-0.15, -0.1) is 0 Å². The predicted molar refractivity (Wildman–Crippen MR) is 130 cm³/mol. The molecular weight excluding hydrogens is 430 g/mol. The van der Waals surface area contributed by atoms with E-state index in [-0.39, 0.29) is 12.0 Å². The summed E-state index contributed by atoms with van der Waals surface area (Å²) in [6, 6.07) is 15.9. The molecule has 2 aliphatic heterocycles. The van der Waals surface area contributed by atoms with E-state index in [9.17, 15) is 14.7 Å². The predicted octanol–water partition coefficient (Wildman–Crippen LogP) is 4.72. The Morgan fingerprint density at radius 1 is 1.00 bits per heavy atom. The number of amides is 2. The second-order valence-corrected chi connectivity index (χ2v) is 9.11. The topological polar surface area (TPSA) is 83.0 Å². The number of aromatic nitrogens is 1. The number of pyridine rings is 1. The molecular formula is C27H29N3O4. The lowest BCUT2D eigenvalue weighted by Gasteiger charge is -2.35. The van der Waals surface area contributed by atoms with E-state index in [1.165, 1.54) is 4.90 Å². The Morgan fingerprint density at radius 3 is 2.50 bits per heavy atom. The second kappa shape index (κ2) is 9.33. The number of hydrogen-bond acceptors (Lipinski definition) is 4. The van der Waals surface area contributed by atoms with Gasteiger partial charge in [-0.2, -0.15) is 0 Å². The minimum Gasteiger partial charge on any atom is -0.490 e. The maximum absolute atomic E-state index is 12.8. The molecule has 0 bridgehead atoms. The molecule has 7 nitrogen and oxygen atoms in total. The Labute approximate surface area is 199 Å². The molecule has 3 aromatic rings. The Kier molecular flexibility index (Phi) is 6.09. The molecule has 0 radical (unpaired) electrons. The Bertz CT molecular complexity index is 1200. The summed E-state index contributed by atoms with van der Waals surface area (Å²) in [5.74, 6) is 0.751. The molecule has 0 spiro atoms. The highest BCUT2D eigenvalue weighted by atomic mass is 16.5. The van der Waals surface area contributed by atoms with Crippen molar-refractivity contribution in [3.05, 3.63) is 60.3 Å². The van der Waals surface area contributed by atoms with Crippen LogP contribution in [0.4, 0.5) is 4.79 Å². The molecule has 34 heavy (non-hydrogen) atoms. The summed E-state index contributed by atoms with van der Waals surface area (Å²) < 4.78 is 6.20. The summed E-state index contributed by atoms with van der Waals surface area (Å²) in [5, 5.41) is 10.5. The van der Waals surface area contributed by atoms with Crippen LogP contribution in [0.2, 0.25) is 0 Å². The van der Waals surface area contributed by atoms with E-state index in [4.69, 9.17) is 4.74 Å². The molecule has 1 atom stereocenters. The molecule has 1 N–H and O–H groups in total. The van der Waals surface area contributed by atoms with Gasteiger partial charge < -0.3 is 14.7 Å². The van der Waals surface area contributed by atoms with Crippen LogP contribution in [-0.4, -0.2) is 63.7 Å². The summed E-state index contributed by atoms with van der Waals surface area (Å²) in [5.41, 5.74) is 4.46. The zero-order valence-electron chi connectivity index (χ0n) is 19.3. The van der Waals surface area contributed by atoms with Crippen LogP contribution >= 0.6 is 0 Å². The van der Waals surface area contributed by atoms with Gasteiger partial charge in [0.15, 0.2) is 0 Å². The molecule has 1 aromatic heterocycles. The van der Waals surface area contributed by atoms with Crippen LogP contribution in [0.25, 0.3) is 22.0 Å². The van der Waals surface area contributed by atoms with Crippen LogP contribution in [0.15, 0.2) is 54.7 Å². The molecule has 2 aromatic carbocycles. The van der Waals surface area contributed by atoms with Crippen molar-refractivity contribution >= 4 is 22.9 Å². The van der Waals surface area contributed by atoms with Crippen molar-refractivity contribution in [3.8, 4) is 16.9 Å². The third-order valence-electron chi connectivity index (χ3n) is 7.03. The van der Waals surface area contributed by atoms with Crippen molar-refractivity contribution in [3.63, 3.8) is 0 Å².